The van der Waals surface area contributed by atoms with Crippen LogP contribution in [0.5, 0.6) is 17.2 Å². The Labute approximate surface area is 185 Å². The number of rotatable bonds is 15. The van der Waals surface area contributed by atoms with Crippen LogP contribution in [0.4, 0.5) is 0 Å². The fraction of sp³-hybridized carbons (Fsp3) is 0.636. The van der Waals surface area contributed by atoms with Gasteiger partial charge in [-0.3, -0.25) is 9.59 Å². The molecule has 1 aromatic rings. The Morgan fingerprint density at radius 1 is 0.903 bits per heavy atom. The highest BCUT2D eigenvalue weighted by molar-refractivity contribution is 7.82. The molecule has 0 unspecified atom stereocenters. The molecule has 1 heterocycles. The molecule has 0 saturated heterocycles. The van der Waals surface area contributed by atoms with Crippen molar-refractivity contribution < 1.29 is 31.1 Å². The minimum atomic E-state index is -4.14. The minimum Gasteiger partial charge on any atom is -0.422 e. The van der Waals surface area contributed by atoms with E-state index in [0.717, 1.165) is 25.7 Å². The molecular weight excluding hydrogens is 422 g/mol. The van der Waals surface area contributed by atoms with Crippen molar-refractivity contribution in [1.82, 2.24) is 5.32 Å². The first-order chi connectivity index (χ1) is 14.9. The van der Waals surface area contributed by atoms with Crippen molar-refractivity contribution >= 4 is 22.3 Å². The van der Waals surface area contributed by atoms with Gasteiger partial charge in [0.15, 0.2) is 11.5 Å². The Morgan fingerprint density at radius 3 is 2.35 bits per heavy atom. The van der Waals surface area contributed by atoms with Crippen LogP contribution in [-0.2, 0) is 20.0 Å². The number of amides is 1. The summed E-state index contributed by atoms with van der Waals surface area (Å²) in [6.07, 6.45) is 11.2. The number of unbranched alkanes of at least 4 members (excludes halogenated alkanes) is 8. The predicted octanol–water partition coefficient (Wildman–Crippen LogP) is 4.43. The van der Waals surface area contributed by atoms with Crippen LogP contribution in [0.25, 0.3) is 0 Å². The van der Waals surface area contributed by atoms with Crippen molar-refractivity contribution in [3.63, 3.8) is 0 Å². The summed E-state index contributed by atoms with van der Waals surface area (Å²) < 4.78 is 37.2. The normalized spacial score (nSPS) is 13.7. The maximum atomic E-state index is 12.0. The molecule has 0 radical (unpaired) electrons. The summed E-state index contributed by atoms with van der Waals surface area (Å²) in [6.45, 7) is 2.80. The van der Waals surface area contributed by atoms with Crippen LogP contribution in [0.15, 0.2) is 18.2 Å². The molecule has 2 rings (SSSR count). The minimum absolute atomic E-state index is 0.00228. The lowest BCUT2D eigenvalue weighted by molar-refractivity contribution is -0.134. The number of para-hydroxylation sites is 1. The molecule has 1 N–H and O–H groups in total. The molecule has 1 aliphatic rings. The molecule has 1 amide bonds. The second-order valence-electron chi connectivity index (χ2n) is 7.66. The van der Waals surface area contributed by atoms with E-state index in [2.05, 4.69) is 16.4 Å². The second kappa shape index (κ2) is 13.2. The topological polar surface area (TPSA) is 108 Å². The summed E-state index contributed by atoms with van der Waals surface area (Å²) in [6, 6.07) is 4.38. The molecule has 0 atom stereocenters. The number of hydrogen-bond donors (Lipinski definition) is 1. The largest absolute Gasteiger partial charge is 0.501 e. The van der Waals surface area contributed by atoms with Gasteiger partial charge in [0.25, 0.3) is 0 Å². The van der Waals surface area contributed by atoms with E-state index in [-0.39, 0.29) is 29.6 Å². The van der Waals surface area contributed by atoms with Gasteiger partial charge in [-0.25, -0.2) is 0 Å². The van der Waals surface area contributed by atoms with Crippen LogP contribution in [-0.4, -0.2) is 26.8 Å². The number of benzene rings is 1. The van der Waals surface area contributed by atoms with Gasteiger partial charge in [0.2, 0.25) is 11.7 Å². The van der Waals surface area contributed by atoms with Crippen molar-refractivity contribution in [2.45, 2.75) is 84.0 Å². The third-order valence-corrected chi connectivity index (χ3v) is 5.69. The Morgan fingerprint density at radius 2 is 1.58 bits per heavy atom. The summed E-state index contributed by atoms with van der Waals surface area (Å²) in [7, 11) is -4.14. The molecule has 174 valence electrons. The highest BCUT2D eigenvalue weighted by Gasteiger charge is 2.32. The average molecular weight is 456 g/mol. The van der Waals surface area contributed by atoms with Crippen LogP contribution in [0.2, 0.25) is 0 Å². The SMILES string of the molecule is CCCCCCCCCC(=O)NCCCCCC(=O)Oc1cccc2c1OS(=O)(=O)O2. The number of esters is 1. The number of hydrogen-bond acceptors (Lipinski definition) is 7. The zero-order valence-corrected chi connectivity index (χ0v) is 19.0. The predicted molar refractivity (Wildman–Crippen MR) is 116 cm³/mol. The monoisotopic (exact) mass is 455 g/mol. The Kier molecular flexibility index (Phi) is 10.6. The summed E-state index contributed by atoms with van der Waals surface area (Å²) in [5.74, 6) is -0.495. The lowest BCUT2D eigenvalue weighted by Gasteiger charge is -2.07. The van der Waals surface area contributed by atoms with Crippen molar-refractivity contribution in [2.75, 3.05) is 6.54 Å². The van der Waals surface area contributed by atoms with Gasteiger partial charge in [-0.2, -0.15) is 0 Å². The van der Waals surface area contributed by atoms with Crippen LogP contribution < -0.4 is 18.4 Å². The molecule has 31 heavy (non-hydrogen) atoms. The number of fused-ring (bicyclic) bond motifs is 1. The van der Waals surface area contributed by atoms with Gasteiger partial charge in [-0.15, -0.1) is 8.42 Å². The average Bonchev–Trinajstić information content (AvgIpc) is 3.05. The van der Waals surface area contributed by atoms with E-state index in [9.17, 15) is 18.0 Å². The smallest absolute Gasteiger partial charge is 0.422 e. The molecule has 0 spiro atoms. The third kappa shape index (κ3) is 9.59. The van der Waals surface area contributed by atoms with Gasteiger partial charge >= 0.3 is 16.4 Å². The lowest BCUT2D eigenvalue weighted by Crippen LogP contribution is -2.24. The fourth-order valence-corrected chi connectivity index (χ4v) is 4.01. The Hall–Kier alpha value is -2.29. The maximum absolute atomic E-state index is 12.0. The molecule has 0 aliphatic carbocycles. The molecule has 9 heteroatoms. The van der Waals surface area contributed by atoms with Gasteiger partial charge in [0.05, 0.1) is 0 Å². The maximum Gasteiger partial charge on any atom is 0.501 e. The molecule has 0 bridgehead atoms. The molecule has 8 nitrogen and oxygen atoms in total. The number of carbonyl (C=O) groups is 2. The Bertz CT molecular complexity index is 823. The van der Waals surface area contributed by atoms with Gasteiger partial charge in [0, 0.05) is 19.4 Å². The summed E-state index contributed by atoms with van der Waals surface area (Å²) in [5.41, 5.74) is 0. The van der Waals surface area contributed by atoms with Crippen molar-refractivity contribution in [2.24, 2.45) is 0 Å². The third-order valence-electron chi connectivity index (χ3n) is 4.93. The molecule has 0 saturated carbocycles. The van der Waals surface area contributed by atoms with Gasteiger partial charge < -0.3 is 18.4 Å². The van der Waals surface area contributed by atoms with Gasteiger partial charge in [-0.1, -0.05) is 57.9 Å². The number of ether oxygens (including phenoxy) is 1. The standard InChI is InChI=1S/C22H33NO7S/c1-2-3-4-5-6-7-9-15-20(24)23-17-11-8-10-16-21(25)28-18-13-12-14-19-22(18)30-31(26,27)29-19/h12-14H,2-11,15-17H2,1H3,(H,23,24). The molecule has 1 aromatic carbocycles. The zero-order chi connectivity index (χ0) is 22.5. The van der Waals surface area contributed by atoms with Crippen molar-refractivity contribution in [3.8, 4) is 17.2 Å². The molecule has 0 fully saturated rings. The van der Waals surface area contributed by atoms with Gasteiger partial charge in [0.1, 0.15) is 0 Å². The van der Waals surface area contributed by atoms with Crippen LogP contribution in [0.3, 0.4) is 0 Å². The molecular formula is C22H33NO7S. The number of nitrogens with one attached hydrogen (secondary N) is 1. The highest BCUT2D eigenvalue weighted by Crippen LogP contribution is 2.43. The van der Waals surface area contributed by atoms with E-state index < -0.39 is 16.4 Å². The van der Waals surface area contributed by atoms with E-state index in [1.54, 1.807) is 0 Å². The summed E-state index contributed by atoms with van der Waals surface area (Å²) in [4.78, 5) is 23.8. The van der Waals surface area contributed by atoms with E-state index in [1.165, 1.54) is 50.3 Å². The zero-order valence-electron chi connectivity index (χ0n) is 18.2. The van der Waals surface area contributed by atoms with Crippen LogP contribution in [0.1, 0.15) is 84.0 Å². The lowest BCUT2D eigenvalue weighted by atomic mass is 10.1. The highest BCUT2D eigenvalue weighted by atomic mass is 32.3. The summed E-state index contributed by atoms with van der Waals surface area (Å²) in [5, 5.41) is 2.92. The van der Waals surface area contributed by atoms with E-state index >= 15 is 0 Å². The first-order valence-electron chi connectivity index (χ1n) is 11.2. The van der Waals surface area contributed by atoms with E-state index in [1.807, 2.05) is 0 Å². The van der Waals surface area contributed by atoms with E-state index in [0.29, 0.717) is 19.4 Å². The van der Waals surface area contributed by atoms with Crippen LogP contribution in [0, 0.1) is 0 Å². The summed E-state index contributed by atoms with van der Waals surface area (Å²) >= 11 is 0. The molecule has 1 aliphatic heterocycles. The van der Waals surface area contributed by atoms with Crippen molar-refractivity contribution in [3.05, 3.63) is 18.2 Å². The first-order valence-corrected chi connectivity index (χ1v) is 12.5. The first kappa shape index (κ1) is 25.0. The quantitative estimate of drug-likeness (QED) is 0.237. The second-order valence-corrected chi connectivity index (χ2v) is 8.81. The molecule has 0 aromatic heterocycles. The van der Waals surface area contributed by atoms with E-state index in [4.69, 9.17) is 8.92 Å². The van der Waals surface area contributed by atoms with Crippen molar-refractivity contribution in [1.29, 1.82) is 0 Å². The van der Waals surface area contributed by atoms with Gasteiger partial charge in [-0.05, 0) is 31.4 Å². The number of carbonyl (C=O) groups excluding carboxylic acids is 2. The Balaban J connectivity index is 1.51. The van der Waals surface area contributed by atoms with Crippen LogP contribution >= 0.6 is 0 Å². The fourth-order valence-electron chi connectivity index (χ4n) is 3.26.